The van der Waals surface area contributed by atoms with E-state index in [-0.39, 0.29) is 6.10 Å². The summed E-state index contributed by atoms with van der Waals surface area (Å²) < 4.78 is 11.2. The number of rotatable bonds is 6. The van der Waals surface area contributed by atoms with Crippen molar-refractivity contribution in [3.05, 3.63) is 0 Å². The van der Waals surface area contributed by atoms with Crippen LogP contribution in [0.2, 0.25) is 0 Å². The van der Waals surface area contributed by atoms with E-state index in [0.29, 0.717) is 18.2 Å². The van der Waals surface area contributed by atoms with Crippen molar-refractivity contribution in [1.29, 1.82) is 0 Å². The smallest absolute Gasteiger partial charge is 0.0986 e. The molecule has 2 aliphatic carbocycles. The molecule has 0 aliphatic heterocycles. The maximum Gasteiger partial charge on any atom is 0.0986 e. The predicted octanol–water partition coefficient (Wildman–Crippen LogP) is 2.35. The number of nitrogens with one attached hydrogen (secondary N) is 1. The lowest BCUT2D eigenvalue weighted by molar-refractivity contribution is -0.133. The molecule has 0 saturated heterocycles. The maximum absolute atomic E-state index is 5.65. The molecule has 4 atom stereocenters. The van der Waals surface area contributed by atoms with Gasteiger partial charge in [-0.1, -0.05) is 12.8 Å². The zero-order valence-corrected chi connectivity index (χ0v) is 11.4. The zero-order chi connectivity index (χ0) is 12.3. The molecule has 2 saturated carbocycles. The Balaban J connectivity index is 1.75. The van der Waals surface area contributed by atoms with Gasteiger partial charge in [-0.15, -0.1) is 0 Å². The highest BCUT2D eigenvalue weighted by Gasteiger charge is 2.43. The quantitative estimate of drug-likeness (QED) is 0.774. The Morgan fingerprint density at radius 3 is 2.59 bits per heavy atom. The molecule has 0 amide bonds. The second kappa shape index (κ2) is 6.17. The second-order valence-corrected chi connectivity index (χ2v) is 5.54. The summed E-state index contributed by atoms with van der Waals surface area (Å²) >= 11 is 0. The third-order valence-corrected chi connectivity index (χ3v) is 4.49. The summed E-state index contributed by atoms with van der Waals surface area (Å²) in [7, 11) is 1.80. The van der Waals surface area contributed by atoms with Gasteiger partial charge in [0.15, 0.2) is 0 Å². The molecule has 0 aromatic rings. The van der Waals surface area contributed by atoms with Gasteiger partial charge >= 0.3 is 0 Å². The monoisotopic (exact) mass is 241 g/mol. The topological polar surface area (TPSA) is 30.5 Å². The van der Waals surface area contributed by atoms with Crippen LogP contribution >= 0.6 is 0 Å². The van der Waals surface area contributed by atoms with Crippen molar-refractivity contribution in [2.45, 2.75) is 70.2 Å². The Hall–Kier alpha value is -0.120. The number of hydrogen-bond acceptors (Lipinski definition) is 3. The summed E-state index contributed by atoms with van der Waals surface area (Å²) in [4.78, 5) is 0. The van der Waals surface area contributed by atoms with E-state index in [9.17, 15) is 0 Å². The Morgan fingerprint density at radius 1 is 1.29 bits per heavy atom. The Labute approximate surface area is 105 Å². The SMILES string of the molecule is CCOC1CC(NC(C)C2CCCC2)C1OC. The van der Waals surface area contributed by atoms with Crippen LogP contribution < -0.4 is 5.32 Å². The summed E-state index contributed by atoms with van der Waals surface area (Å²) in [6.45, 7) is 5.17. The molecule has 17 heavy (non-hydrogen) atoms. The molecule has 2 fully saturated rings. The van der Waals surface area contributed by atoms with Crippen LogP contribution in [0.15, 0.2) is 0 Å². The van der Waals surface area contributed by atoms with Crippen molar-refractivity contribution in [3.8, 4) is 0 Å². The van der Waals surface area contributed by atoms with Crippen molar-refractivity contribution < 1.29 is 9.47 Å². The molecule has 2 rings (SSSR count). The van der Waals surface area contributed by atoms with Crippen LogP contribution in [0.5, 0.6) is 0 Å². The minimum atomic E-state index is 0.249. The van der Waals surface area contributed by atoms with Gasteiger partial charge < -0.3 is 14.8 Å². The molecule has 2 aliphatic rings. The van der Waals surface area contributed by atoms with Gasteiger partial charge in [0.1, 0.15) is 0 Å². The fourth-order valence-corrected chi connectivity index (χ4v) is 3.37. The van der Waals surface area contributed by atoms with E-state index in [0.717, 1.165) is 18.9 Å². The van der Waals surface area contributed by atoms with Crippen molar-refractivity contribution in [1.82, 2.24) is 5.32 Å². The van der Waals surface area contributed by atoms with Crippen molar-refractivity contribution >= 4 is 0 Å². The van der Waals surface area contributed by atoms with Crippen LogP contribution in [0.3, 0.4) is 0 Å². The van der Waals surface area contributed by atoms with Crippen LogP contribution in [0.4, 0.5) is 0 Å². The Bertz CT molecular complexity index is 228. The molecular formula is C14H27NO2. The van der Waals surface area contributed by atoms with E-state index in [1.54, 1.807) is 7.11 Å². The molecule has 3 heteroatoms. The minimum absolute atomic E-state index is 0.249. The van der Waals surface area contributed by atoms with Gasteiger partial charge in [0.2, 0.25) is 0 Å². The standard InChI is InChI=1S/C14H27NO2/c1-4-17-13-9-12(14(13)16-3)15-10(2)11-7-5-6-8-11/h10-15H,4-9H2,1-3H3. The van der Waals surface area contributed by atoms with Gasteiger partial charge in [-0.25, -0.2) is 0 Å². The fraction of sp³-hybridized carbons (Fsp3) is 1.00. The molecule has 100 valence electrons. The average Bonchev–Trinajstić information content (AvgIpc) is 2.81. The second-order valence-electron chi connectivity index (χ2n) is 5.54. The highest BCUT2D eigenvalue weighted by molar-refractivity contribution is 4.98. The summed E-state index contributed by atoms with van der Waals surface area (Å²) in [5.41, 5.74) is 0. The van der Waals surface area contributed by atoms with Gasteiger partial charge in [0.25, 0.3) is 0 Å². The first-order valence-electron chi connectivity index (χ1n) is 7.16. The van der Waals surface area contributed by atoms with Crippen LogP contribution in [0.25, 0.3) is 0 Å². The first-order valence-corrected chi connectivity index (χ1v) is 7.16. The molecule has 0 radical (unpaired) electrons. The molecule has 4 unspecified atom stereocenters. The third-order valence-electron chi connectivity index (χ3n) is 4.49. The lowest BCUT2D eigenvalue weighted by Crippen LogP contribution is -2.62. The molecule has 0 heterocycles. The normalized spacial score (nSPS) is 35.8. The summed E-state index contributed by atoms with van der Waals surface area (Å²) in [6, 6.07) is 1.12. The van der Waals surface area contributed by atoms with Gasteiger partial charge in [0, 0.05) is 25.8 Å². The first-order chi connectivity index (χ1) is 8.26. The highest BCUT2D eigenvalue weighted by atomic mass is 16.5. The van der Waals surface area contributed by atoms with Gasteiger partial charge in [-0.3, -0.25) is 0 Å². The van der Waals surface area contributed by atoms with Gasteiger partial charge in [0.05, 0.1) is 12.2 Å². The molecule has 0 aromatic carbocycles. The number of methoxy groups -OCH3 is 1. The molecule has 0 aromatic heterocycles. The summed E-state index contributed by atoms with van der Waals surface area (Å²) in [5.74, 6) is 0.874. The molecule has 3 nitrogen and oxygen atoms in total. The van der Waals surface area contributed by atoms with E-state index in [1.165, 1.54) is 25.7 Å². The maximum atomic E-state index is 5.65. The van der Waals surface area contributed by atoms with Crippen LogP contribution in [0.1, 0.15) is 46.0 Å². The lowest BCUT2D eigenvalue weighted by atomic mass is 9.83. The minimum Gasteiger partial charge on any atom is -0.377 e. The number of ether oxygens (including phenoxy) is 2. The van der Waals surface area contributed by atoms with Crippen LogP contribution in [-0.4, -0.2) is 38.0 Å². The van der Waals surface area contributed by atoms with E-state index in [1.807, 2.05) is 0 Å². The molecule has 0 spiro atoms. The highest BCUT2D eigenvalue weighted by Crippen LogP contribution is 2.31. The van der Waals surface area contributed by atoms with E-state index >= 15 is 0 Å². The van der Waals surface area contributed by atoms with Crippen LogP contribution in [0, 0.1) is 5.92 Å². The lowest BCUT2D eigenvalue weighted by Gasteiger charge is -2.45. The summed E-state index contributed by atoms with van der Waals surface area (Å²) in [6.07, 6.45) is 7.27. The van der Waals surface area contributed by atoms with Gasteiger partial charge in [-0.05, 0) is 39.0 Å². The zero-order valence-electron chi connectivity index (χ0n) is 11.4. The first kappa shape index (κ1) is 13.3. The van der Waals surface area contributed by atoms with E-state index in [2.05, 4.69) is 19.2 Å². The molecule has 0 bridgehead atoms. The van der Waals surface area contributed by atoms with Crippen molar-refractivity contribution in [2.24, 2.45) is 5.92 Å². The Morgan fingerprint density at radius 2 is 2.00 bits per heavy atom. The van der Waals surface area contributed by atoms with Gasteiger partial charge in [-0.2, -0.15) is 0 Å². The number of hydrogen-bond donors (Lipinski definition) is 1. The molecule has 1 N–H and O–H groups in total. The van der Waals surface area contributed by atoms with Crippen molar-refractivity contribution in [3.63, 3.8) is 0 Å². The average molecular weight is 241 g/mol. The largest absolute Gasteiger partial charge is 0.377 e. The van der Waals surface area contributed by atoms with Crippen LogP contribution in [-0.2, 0) is 9.47 Å². The summed E-state index contributed by atoms with van der Waals surface area (Å²) in [5, 5.41) is 3.74. The Kier molecular flexibility index (Phi) is 4.83. The fourth-order valence-electron chi connectivity index (χ4n) is 3.37. The van der Waals surface area contributed by atoms with E-state index in [4.69, 9.17) is 9.47 Å². The van der Waals surface area contributed by atoms with Crippen molar-refractivity contribution in [2.75, 3.05) is 13.7 Å². The molecular weight excluding hydrogens is 214 g/mol. The third kappa shape index (κ3) is 3.01. The van der Waals surface area contributed by atoms with E-state index < -0.39 is 0 Å². The predicted molar refractivity (Wildman–Crippen MR) is 69.2 cm³/mol.